The van der Waals surface area contributed by atoms with Gasteiger partial charge in [0.05, 0.1) is 23.0 Å². The van der Waals surface area contributed by atoms with Crippen LogP contribution in [0.4, 0.5) is 0 Å². The summed E-state index contributed by atoms with van der Waals surface area (Å²) in [6.07, 6.45) is 1.43. The zero-order chi connectivity index (χ0) is 22.2. The van der Waals surface area contributed by atoms with E-state index in [9.17, 15) is 4.79 Å². The highest BCUT2D eigenvalue weighted by Crippen LogP contribution is 2.41. The Balaban J connectivity index is 1.44. The van der Waals surface area contributed by atoms with Crippen LogP contribution in [0.25, 0.3) is 0 Å². The van der Waals surface area contributed by atoms with Gasteiger partial charge in [-0.3, -0.25) is 0 Å². The number of thiophene rings is 2. The summed E-state index contributed by atoms with van der Waals surface area (Å²) in [6, 6.07) is 17.9. The van der Waals surface area contributed by atoms with Crippen LogP contribution in [0.1, 0.15) is 28.2 Å². The van der Waals surface area contributed by atoms with Crippen molar-refractivity contribution >= 4 is 28.6 Å². The molecule has 3 aromatic rings. The first-order valence-corrected chi connectivity index (χ1v) is 12.7. The summed E-state index contributed by atoms with van der Waals surface area (Å²) >= 11 is 3.04. The van der Waals surface area contributed by atoms with Crippen molar-refractivity contribution in [3.63, 3.8) is 0 Å². The molecular formula is C25H29NO4S2. The summed E-state index contributed by atoms with van der Waals surface area (Å²) in [7, 11) is 2.05. The van der Waals surface area contributed by atoms with Crippen molar-refractivity contribution in [2.75, 3.05) is 33.4 Å². The van der Waals surface area contributed by atoms with Gasteiger partial charge in [-0.1, -0.05) is 42.5 Å². The smallest absolute Gasteiger partial charge is 0.349 e. The monoisotopic (exact) mass is 471 g/mol. The number of esters is 1. The fourth-order valence-corrected chi connectivity index (χ4v) is 5.68. The maximum Gasteiger partial charge on any atom is 0.349 e. The molecule has 32 heavy (non-hydrogen) atoms. The Bertz CT molecular complexity index is 910. The number of rotatable bonds is 11. The molecule has 0 saturated carbocycles. The Kier molecular flexibility index (Phi) is 8.10. The molecule has 0 radical (unpaired) electrons. The molecule has 0 bridgehead atoms. The van der Waals surface area contributed by atoms with Crippen LogP contribution in [0.5, 0.6) is 0 Å². The fraction of sp³-hybridized carbons (Fsp3) is 0.400. The third kappa shape index (κ3) is 5.47. The van der Waals surface area contributed by atoms with E-state index in [1.807, 2.05) is 72.4 Å². The van der Waals surface area contributed by atoms with E-state index in [0.717, 1.165) is 34.8 Å². The topological polar surface area (TPSA) is 48.0 Å². The summed E-state index contributed by atoms with van der Waals surface area (Å²) in [6.45, 7) is 3.21. The largest absolute Gasteiger partial charge is 0.458 e. The quantitative estimate of drug-likeness (QED) is 0.293. The average molecular weight is 472 g/mol. The van der Waals surface area contributed by atoms with Gasteiger partial charge in [0, 0.05) is 19.7 Å². The zero-order valence-corrected chi connectivity index (χ0v) is 19.9. The average Bonchev–Trinajstić information content (AvgIpc) is 3.58. The molecule has 1 saturated heterocycles. The van der Waals surface area contributed by atoms with Crippen molar-refractivity contribution in [2.24, 2.45) is 0 Å². The molecule has 2 aromatic heterocycles. The number of carbonyl (C=O) groups is 1. The van der Waals surface area contributed by atoms with Crippen molar-refractivity contribution in [3.8, 4) is 0 Å². The first kappa shape index (κ1) is 23.1. The molecule has 4 rings (SSSR count). The lowest BCUT2D eigenvalue weighted by atomic mass is 9.99. The highest BCUT2D eigenvalue weighted by atomic mass is 32.1. The van der Waals surface area contributed by atoms with Crippen molar-refractivity contribution in [2.45, 2.75) is 31.2 Å². The Hall–Kier alpha value is -2.03. The van der Waals surface area contributed by atoms with Crippen molar-refractivity contribution in [3.05, 3.63) is 80.7 Å². The Morgan fingerprint density at radius 3 is 2.34 bits per heavy atom. The Morgan fingerprint density at radius 1 is 1.03 bits per heavy atom. The summed E-state index contributed by atoms with van der Waals surface area (Å²) in [5.74, 6) is -0.326. The number of ether oxygens (including phenoxy) is 3. The lowest BCUT2D eigenvalue weighted by molar-refractivity contribution is -0.173. The SMILES string of the molecule is CN1CCC(OC(=O)C(OCCCOCc2ccccc2)(c2cccs2)c2cccs2)C1. The highest BCUT2D eigenvalue weighted by Gasteiger charge is 2.48. The van der Waals surface area contributed by atoms with Gasteiger partial charge in [-0.15, -0.1) is 22.7 Å². The summed E-state index contributed by atoms with van der Waals surface area (Å²) in [5, 5.41) is 3.95. The van der Waals surface area contributed by atoms with Crippen LogP contribution in [0.15, 0.2) is 65.4 Å². The molecule has 0 aliphatic carbocycles. The second-order valence-corrected chi connectivity index (χ2v) is 9.85. The van der Waals surface area contributed by atoms with E-state index in [1.54, 1.807) is 0 Å². The minimum Gasteiger partial charge on any atom is -0.458 e. The maximum atomic E-state index is 13.6. The predicted molar refractivity (Wildman–Crippen MR) is 128 cm³/mol. The fourth-order valence-electron chi connectivity index (χ4n) is 3.86. The van der Waals surface area contributed by atoms with Crippen LogP contribution in [-0.2, 0) is 31.2 Å². The van der Waals surface area contributed by atoms with Gasteiger partial charge in [-0.25, -0.2) is 4.79 Å². The number of benzene rings is 1. The van der Waals surface area contributed by atoms with E-state index >= 15 is 0 Å². The molecule has 1 atom stereocenters. The molecular weight excluding hydrogens is 442 g/mol. The van der Waals surface area contributed by atoms with Gasteiger partial charge in [0.25, 0.3) is 0 Å². The van der Waals surface area contributed by atoms with Gasteiger partial charge in [-0.2, -0.15) is 0 Å². The van der Waals surface area contributed by atoms with Crippen molar-refractivity contribution in [1.29, 1.82) is 0 Å². The predicted octanol–water partition coefficient (Wildman–Crippen LogP) is 4.92. The van der Waals surface area contributed by atoms with Crippen LogP contribution in [0.2, 0.25) is 0 Å². The molecule has 1 aliphatic heterocycles. The Labute approximate surface area is 197 Å². The first-order chi connectivity index (χ1) is 15.7. The normalized spacial score (nSPS) is 17.0. The first-order valence-electron chi connectivity index (χ1n) is 10.9. The van der Waals surface area contributed by atoms with Crippen molar-refractivity contribution in [1.82, 2.24) is 4.90 Å². The molecule has 0 N–H and O–H groups in total. The van der Waals surface area contributed by atoms with Crippen LogP contribution in [-0.4, -0.2) is 50.3 Å². The molecule has 170 valence electrons. The standard InChI is InChI=1S/C25H29NO4S2/c1-26-13-12-21(18-26)30-24(27)25(22-10-5-16-31-22,23-11-6-17-32-23)29-15-7-14-28-19-20-8-3-2-4-9-20/h2-6,8-11,16-17,21H,7,12-15,18-19H2,1H3. The maximum absolute atomic E-state index is 13.6. The van der Waals surface area contributed by atoms with Crippen LogP contribution in [0.3, 0.4) is 0 Å². The molecule has 0 amide bonds. The van der Waals surface area contributed by atoms with E-state index in [-0.39, 0.29) is 12.1 Å². The van der Waals surface area contributed by atoms with Crippen LogP contribution < -0.4 is 0 Å². The number of nitrogens with zero attached hydrogens (tertiary/aromatic N) is 1. The van der Waals surface area contributed by atoms with Crippen LogP contribution in [0, 0.1) is 0 Å². The van der Waals surface area contributed by atoms with Gasteiger partial charge in [0.15, 0.2) is 0 Å². The molecule has 1 fully saturated rings. The van der Waals surface area contributed by atoms with Gasteiger partial charge in [0.2, 0.25) is 5.60 Å². The molecule has 7 heteroatoms. The summed E-state index contributed by atoms with van der Waals surface area (Å²) in [5.41, 5.74) is -0.0896. The zero-order valence-electron chi connectivity index (χ0n) is 18.3. The van der Waals surface area contributed by atoms with Gasteiger partial charge in [0.1, 0.15) is 6.10 Å². The van der Waals surface area contributed by atoms with E-state index in [1.165, 1.54) is 22.7 Å². The molecule has 1 aliphatic rings. The third-order valence-corrected chi connectivity index (χ3v) is 7.45. The molecule has 1 aromatic carbocycles. The lowest BCUT2D eigenvalue weighted by Crippen LogP contribution is -2.42. The highest BCUT2D eigenvalue weighted by molar-refractivity contribution is 7.12. The number of likely N-dealkylation sites (N-methyl/N-ethyl adjacent to an activating group) is 1. The van der Waals surface area contributed by atoms with Gasteiger partial charge >= 0.3 is 5.97 Å². The summed E-state index contributed by atoms with van der Waals surface area (Å²) in [4.78, 5) is 17.5. The van der Waals surface area contributed by atoms with Gasteiger partial charge in [-0.05, 0) is 48.3 Å². The second-order valence-electron chi connectivity index (χ2n) is 7.95. The lowest BCUT2D eigenvalue weighted by Gasteiger charge is -2.31. The number of hydrogen-bond donors (Lipinski definition) is 0. The van der Waals surface area contributed by atoms with Gasteiger partial charge < -0.3 is 19.1 Å². The van der Waals surface area contributed by atoms with E-state index < -0.39 is 5.60 Å². The molecule has 1 unspecified atom stereocenters. The number of hydrogen-bond acceptors (Lipinski definition) is 7. The molecule has 5 nitrogen and oxygen atoms in total. The number of carbonyl (C=O) groups excluding carboxylic acids is 1. The molecule has 0 spiro atoms. The van der Waals surface area contributed by atoms with Crippen LogP contribution >= 0.6 is 22.7 Å². The Morgan fingerprint density at radius 2 is 1.75 bits per heavy atom. The molecule has 3 heterocycles. The summed E-state index contributed by atoms with van der Waals surface area (Å²) < 4.78 is 18.2. The van der Waals surface area contributed by atoms with E-state index in [4.69, 9.17) is 14.2 Å². The minimum absolute atomic E-state index is 0.107. The second kappa shape index (κ2) is 11.2. The van der Waals surface area contributed by atoms with Crippen molar-refractivity contribution < 1.29 is 19.0 Å². The van der Waals surface area contributed by atoms with E-state index in [2.05, 4.69) is 4.90 Å². The third-order valence-electron chi connectivity index (χ3n) is 5.51. The minimum atomic E-state index is -1.23. The number of likely N-dealkylation sites (tertiary alicyclic amines) is 1. The van der Waals surface area contributed by atoms with E-state index in [0.29, 0.717) is 26.2 Å².